The summed E-state index contributed by atoms with van der Waals surface area (Å²) in [5.74, 6) is 2.32. The third-order valence-electron chi connectivity index (χ3n) is 4.68. The maximum absolute atomic E-state index is 4.66. The van der Waals surface area contributed by atoms with Crippen LogP contribution in [0.4, 0.5) is 11.8 Å². The molecule has 3 rings (SSSR count). The fraction of sp³-hybridized carbons (Fsp3) is 0.421. The van der Waals surface area contributed by atoms with E-state index in [9.17, 15) is 0 Å². The summed E-state index contributed by atoms with van der Waals surface area (Å²) in [5, 5.41) is 6.58. The first kappa shape index (κ1) is 16.4. The molecule has 5 nitrogen and oxygen atoms in total. The molecule has 0 bridgehead atoms. The second-order valence-electron chi connectivity index (χ2n) is 6.49. The number of anilines is 2. The molecule has 1 fully saturated rings. The summed E-state index contributed by atoms with van der Waals surface area (Å²) in [6.45, 7) is 6.53. The van der Waals surface area contributed by atoms with Gasteiger partial charge in [0.2, 0.25) is 5.95 Å². The Hall–Kier alpha value is -2.43. The van der Waals surface area contributed by atoms with E-state index in [4.69, 9.17) is 0 Å². The van der Waals surface area contributed by atoms with E-state index in [0.717, 1.165) is 28.6 Å². The molecule has 2 N–H and O–H groups in total. The molecule has 2 aromatic heterocycles. The van der Waals surface area contributed by atoms with Gasteiger partial charge in [0.05, 0.1) is 5.69 Å². The van der Waals surface area contributed by atoms with Gasteiger partial charge in [-0.2, -0.15) is 0 Å². The van der Waals surface area contributed by atoms with E-state index in [-0.39, 0.29) is 0 Å². The molecule has 5 heteroatoms. The van der Waals surface area contributed by atoms with Crippen LogP contribution in [0.15, 0.2) is 37.2 Å². The molecule has 0 aliphatic heterocycles. The molecule has 1 aliphatic carbocycles. The SMILES string of the molecule is C=C(c1ccnc(NC2CCC(C)CC2)n1)c1cccnc1NC. The van der Waals surface area contributed by atoms with Gasteiger partial charge in [-0.1, -0.05) is 13.5 Å². The average molecular weight is 323 g/mol. The third-order valence-corrected chi connectivity index (χ3v) is 4.68. The predicted octanol–water partition coefficient (Wildman–Crippen LogP) is 3.97. The highest BCUT2D eigenvalue weighted by molar-refractivity contribution is 5.82. The van der Waals surface area contributed by atoms with E-state index in [0.29, 0.717) is 12.0 Å². The minimum Gasteiger partial charge on any atom is -0.373 e. The first-order valence-corrected chi connectivity index (χ1v) is 8.59. The molecule has 0 unspecified atom stereocenters. The van der Waals surface area contributed by atoms with Crippen LogP contribution in [0.5, 0.6) is 0 Å². The Labute approximate surface area is 143 Å². The zero-order valence-electron chi connectivity index (χ0n) is 14.4. The summed E-state index contributed by atoms with van der Waals surface area (Å²) in [6.07, 6.45) is 8.46. The van der Waals surface area contributed by atoms with Gasteiger partial charge in [-0.3, -0.25) is 0 Å². The zero-order chi connectivity index (χ0) is 16.9. The van der Waals surface area contributed by atoms with Crippen LogP contribution in [0.2, 0.25) is 0 Å². The zero-order valence-corrected chi connectivity index (χ0v) is 14.4. The van der Waals surface area contributed by atoms with Crippen LogP contribution >= 0.6 is 0 Å². The van der Waals surface area contributed by atoms with Crippen molar-refractivity contribution in [2.24, 2.45) is 5.92 Å². The maximum atomic E-state index is 4.66. The average Bonchev–Trinajstić information content (AvgIpc) is 2.63. The number of rotatable bonds is 5. The van der Waals surface area contributed by atoms with Crippen molar-refractivity contribution in [2.75, 3.05) is 17.7 Å². The fourth-order valence-electron chi connectivity index (χ4n) is 3.17. The van der Waals surface area contributed by atoms with Crippen LogP contribution in [0.25, 0.3) is 5.57 Å². The van der Waals surface area contributed by atoms with E-state index >= 15 is 0 Å². The lowest BCUT2D eigenvalue weighted by molar-refractivity contribution is 0.360. The lowest BCUT2D eigenvalue weighted by atomic mass is 9.87. The van der Waals surface area contributed by atoms with Crippen molar-refractivity contribution in [3.63, 3.8) is 0 Å². The van der Waals surface area contributed by atoms with Gasteiger partial charge in [0.25, 0.3) is 0 Å². The minimum atomic E-state index is 0.468. The van der Waals surface area contributed by atoms with Crippen molar-refractivity contribution < 1.29 is 0 Å². The van der Waals surface area contributed by atoms with Crippen LogP contribution in [-0.4, -0.2) is 28.0 Å². The second kappa shape index (κ2) is 7.43. The Morgan fingerprint density at radius 3 is 2.67 bits per heavy atom. The predicted molar refractivity (Wildman–Crippen MR) is 99.0 cm³/mol. The van der Waals surface area contributed by atoms with Gasteiger partial charge in [-0.05, 0) is 49.8 Å². The summed E-state index contributed by atoms with van der Waals surface area (Å²) in [6, 6.07) is 6.27. The fourth-order valence-corrected chi connectivity index (χ4v) is 3.17. The number of nitrogens with zero attached hydrogens (tertiary/aromatic N) is 3. The molecule has 0 spiro atoms. The minimum absolute atomic E-state index is 0.468. The summed E-state index contributed by atoms with van der Waals surface area (Å²) in [7, 11) is 1.86. The molecule has 1 saturated carbocycles. The first-order valence-electron chi connectivity index (χ1n) is 8.59. The monoisotopic (exact) mass is 323 g/mol. The largest absolute Gasteiger partial charge is 0.373 e. The Morgan fingerprint density at radius 1 is 1.12 bits per heavy atom. The topological polar surface area (TPSA) is 62.7 Å². The van der Waals surface area contributed by atoms with Crippen LogP contribution in [-0.2, 0) is 0 Å². The molecular formula is C19H25N5. The van der Waals surface area contributed by atoms with E-state index in [1.54, 1.807) is 12.4 Å². The molecule has 24 heavy (non-hydrogen) atoms. The molecular weight excluding hydrogens is 298 g/mol. The molecule has 0 aromatic carbocycles. The third kappa shape index (κ3) is 3.72. The lowest BCUT2D eigenvalue weighted by Crippen LogP contribution is -2.26. The molecule has 0 amide bonds. The summed E-state index contributed by atoms with van der Waals surface area (Å²) >= 11 is 0. The number of hydrogen-bond donors (Lipinski definition) is 2. The van der Waals surface area contributed by atoms with Crippen LogP contribution in [0.3, 0.4) is 0 Å². The van der Waals surface area contributed by atoms with Gasteiger partial charge in [0.1, 0.15) is 5.82 Å². The number of aromatic nitrogens is 3. The Morgan fingerprint density at radius 2 is 1.92 bits per heavy atom. The van der Waals surface area contributed by atoms with Gasteiger partial charge in [-0.15, -0.1) is 0 Å². The molecule has 1 aliphatic rings. The van der Waals surface area contributed by atoms with Gasteiger partial charge in [-0.25, -0.2) is 15.0 Å². The molecule has 0 radical (unpaired) electrons. The summed E-state index contributed by atoms with van der Waals surface area (Å²) in [5.41, 5.74) is 2.62. The molecule has 0 atom stereocenters. The summed E-state index contributed by atoms with van der Waals surface area (Å²) < 4.78 is 0. The van der Waals surface area contributed by atoms with E-state index in [2.05, 4.69) is 39.1 Å². The highest BCUT2D eigenvalue weighted by Crippen LogP contribution is 2.27. The van der Waals surface area contributed by atoms with E-state index < -0.39 is 0 Å². The van der Waals surface area contributed by atoms with Crippen LogP contribution < -0.4 is 10.6 Å². The standard InChI is InChI=1S/C19H25N5/c1-13-6-8-15(9-7-13)23-19-22-12-10-17(24-19)14(2)16-5-4-11-21-18(16)20-3/h4-5,10-13,15H,2,6-9H2,1,3H3,(H,20,21)(H,22,23,24). The Kier molecular flexibility index (Phi) is 5.08. The Balaban J connectivity index is 1.76. The van der Waals surface area contributed by atoms with Crippen LogP contribution in [0.1, 0.15) is 43.9 Å². The van der Waals surface area contributed by atoms with E-state index in [1.807, 2.05) is 25.2 Å². The van der Waals surface area contributed by atoms with Crippen molar-refractivity contribution in [2.45, 2.75) is 38.6 Å². The number of nitrogens with one attached hydrogen (secondary N) is 2. The smallest absolute Gasteiger partial charge is 0.223 e. The van der Waals surface area contributed by atoms with E-state index in [1.165, 1.54) is 25.7 Å². The quantitative estimate of drug-likeness (QED) is 0.872. The van der Waals surface area contributed by atoms with Crippen molar-refractivity contribution >= 4 is 17.3 Å². The van der Waals surface area contributed by atoms with Crippen molar-refractivity contribution in [1.29, 1.82) is 0 Å². The Bertz CT molecular complexity index is 704. The highest BCUT2D eigenvalue weighted by atomic mass is 15.1. The first-order chi connectivity index (χ1) is 11.7. The van der Waals surface area contributed by atoms with Gasteiger partial charge < -0.3 is 10.6 Å². The molecule has 2 aromatic rings. The number of hydrogen-bond acceptors (Lipinski definition) is 5. The molecule has 126 valence electrons. The normalized spacial score (nSPS) is 20.4. The van der Waals surface area contributed by atoms with Gasteiger partial charge in [0.15, 0.2) is 0 Å². The summed E-state index contributed by atoms with van der Waals surface area (Å²) in [4.78, 5) is 13.4. The van der Waals surface area contributed by atoms with Gasteiger partial charge in [0, 0.05) is 36.6 Å². The van der Waals surface area contributed by atoms with Crippen molar-refractivity contribution in [3.8, 4) is 0 Å². The maximum Gasteiger partial charge on any atom is 0.223 e. The van der Waals surface area contributed by atoms with Crippen LogP contribution in [0, 0.1) is 5.92 Å². The number of pyridine rings is 1. The lowest BCUT2D eigenvalue weighted by Gasteiger charge is -2.26. The van der Waals surface area contributed by atoms with Crippen molar-refractivity contribution in [3.05, 3.63) is 48.4 Å². The van der Waals surface area contributed by atoms with Gasteiger partial charge >= 0.3 is 0 Å². The molecule has 0 saturated heterocycles. The highest BCUT2D eigenvalue weighted by Gasteiger charge is 2.19. The second-order valence-corrected chi connectivity index (χ2v) is 6.49. The molecule has 2 heterocycles. The van der Waals surface area contributed by atoms with Crippen molar-refractivity contribution in [1.82, 2.24) is 15.0 Å².